The van der Waals surface area contributed by atoms with Crippen LogP contribution in [0.25, 0.3) is 0 Å². The Kier molecular flexibility index (Phi) is 5.38. The highest BCUT2D eigenvalue weighted by molar-refractivity contribution is 9.10. The highest BCUT2D eigenvalue weighted by Crippen LogP contribution is 2.16. The van der Waals surface area contributed by atoms with Crippen molar-refractivity contribution < 1.29 is 9.53 Å². The summed E-state index contributed by atoms with van der Waals surface area (Å²) < 4.78 is 6.34. The maximum atomic E-state index is 11.8. The summed E-state index contributed by atoms with van der Waals surface area (Å²) in [7, 11) is 0. The minimum atomic E-state index is -0.298. The Bertz CT molecular complexity index is 670. The molecule has 1 aromatic heterocycles. The summed E-state index contributed by atoms with van der Waals surface area (Å²) in [5, 5.41) is 4.12. The van der Waals surface area contributed by atoms with Crippen LogP contribution in [0.3, 0.4) is 0 Å². The van der Waals surface area contributed by atoms with E-state index in [2.05, 4.69) is 31.4 Å². The Morgan fingerprint density at radius 1 is 1.32 bits per heavy atom. The first-order valence-electron chi connectivity index (χ1n) is 6.84. The van der Waals surface area contributed by atoms with E-state index in [0.717, 1.165) is 27.0 Å². The number of hydrazone groups is 1. The van der Waals surface area contributed by atoms with Gasteiger partial charge in [0.2, 0.25) is 0 Å². The molecule has 0 unspecified atom stereocenters. The van der Waals surface area contributed by atoms with Crippen molar-refractivity contribution in [1.82, 2.24) is 10.4 Å². The van der Waals surface area contributed by atoms with Gasteiger partial charge in [-0.25, -0.2) is 5.43 Å². The summed E-state index contributed by atoms with van der Waals surface area (Å²) in [6, 6.07) is 7.29. The number of aryl methyl sites for hydroxylation is 2. The monoisotopic (exact) mass is 363 g/mol. The van der Waals surface area contributed by atoms with Gasteiger partial charge in [0, 0.05) is 21.9 Å². The van der Waals surface area contributed by atoms with Crippen LogP contribution in [0.15, 0.2) is 40.0 Å². The van der Waals surface area contributed by atoms with Crippen molar-refractivity contribution >= 4 is 27.5 Å². The summed E-state index contributed by atoms with van der Waals surface area (Å²) in [5.74, 6) is 0.337. The Labute approximate surface area is 137 Å². The molecule has 2 aromatic rings. The van der Waals surface area contributed by atoms with Crippen molar-refractivity contribution in [3.05, 3.63) is 51.8 Å². The van der Waals surface area contributed by atoms with Crippen LogP contribution in [0.4, 0.5) is 0 Å². The molecule has 0 aliphatic rings. The summed E-state index contributed by atoms with van der Waals surface area (Å²) in [5.41, 5.74) is 6.41. The zero-order chi connectivity index (χ0) is 16.1. The number of aromatic nitrogens is 1. The van der Waals surface area contributed by atoms with Gasteiger partial charge in [-0.15, -0.1) is 0 Å². The third kappa shape index (κ3) is 4.21. The molecule has 0 bridgehead atoms. The number of carbonyl (C=O) groups is 1. The van der Waals surface area contributed by atoms with Crippen LogP contribution in [0.1, 0.15) is 23.7 Å². The average Bonchev–Trinajstić information content (AvgIpc) is 2.83. The zero-order valence-electron chi connectivity index (χ0n) is 12.7. The Morgan fingerprint density at radius 3 is 2.59 bits per heavy atom. The number of aromatic amines is 1. The molecule has 0 saturated carbocycles. The third-order valence-corrected chi connectivity index (χ3v) is 3.70. The number of hydrogen-bond donors (Lipinski definition) is 2. The second-order valence-electron chi connectivity index (χ2n) is 4.95. The summed E-state index contributed by atoms with van der Waals surface area (Å²) in [6.07, 6.45) is 1.92. The van der Waals surface area contributed by atoms with Crippen LogP contribution >= 0.6 is 15.9 Å². The maximum Gasteiger partial charge on any atom is 0.277 e. The van der Waals surface area contributed by atoms with Gasteiger partial charge in [-0.1, -0.05) is 15.9 Å². The van der Waals surface area contributed by atoms with E-state index in [4.69, 9.17) is 4.74 Å². The number of H-pyrrole nitrogens is 1. The number of amides is 1. The van der Waals surface area contributed by atoms with Crippen LogP contribution in [0.2, 0.25) is 0 Å². The molecule has 22 heavy (non-hydrogen) atoms. The second-order valence-corrected chi connectivity index (χ2v) is 5.86. The second kappa shape index (κ2) is 7.26. The standard InChI is InChI=1S/C16H18BrN3O2/c1-10-8-18-11(2)16(10)12(3)19-20-15(21)9-22-14-6-4-13(17)5-7-14/h4-8,18H,9H2,1-3H3,(H,20,21)/b19-12+. The number of carbonyl (C=O) groups excluding carboxylic acids is 1. The zero-order valence-corrected chi connectivity index (χ0v) is 14.3. The molecule has 0 aliphatic carbocycles. The Hall–Kier alpha value is -2.08. The normalized spacial score (nSPS) is 11.4. The highest BCUT2D eigenvalue weighted by Gasteiger charge is 2.08. The first-order valence-corrected chi connectivity index (χ1v) is 7.63. The number of benzene rings is 1. The summed E-state index contributed by atoms with van der Waals surface area (Å²) in [4.78, 5) is 14.9. The third-order valence-electron chi connectivity index (χ3n) is 3.17. The largest absolute Gasteiger partial charge is 0.484 e. The molecule has 2 N–H and O–H groups in total. The molecule has 0 atom stereocenters. The van der Waals surface area contributed by atoms with E-state index in [0.29, 0.717) is 5.75 Å². The number of nitrogens with zero attached hydrogens (tertiary/aromatic N) is 1. The van der Waals surface area contributed by atoms with Gasteiger partial charge in [-0.2, -0.15) is 5.10 Å². The van der Waals surface area contributed by atoms with Crippen molar-refractivity contribution in [1.29, 1.82) is 0 Å². The van der Waals surface area contributed by atoms with Crippen molar-refractivity contribution in [2.24, 2.45) is 5.10 Å². The number of nitrogens with one attached hydrogen (secondary N) is 2. The van der Waals surface area contributed by atoms with Gasteiger partial charge >= 0.3 is 0 Å². The predicted octanol–water partition coefficient (Wildman–Crippen LogP) is 3.31. The molecule has 0 radical (unpaired) electrons. The molecule has 1 heterocycles. The molecule has 1 amide bonds. The smallest absolute Gasteiger partial charge is 0.277 e. The maximum absolute atomic E-state index is 11.8. The minimum Gasteiger partial charge on any atom is -0.484 e. The van der Waals surface area contributed by atoms with Crippen LogP contribution in [-0.4, -0.2) is 23.2 Å². The fourth-order valence-electron chi connectivity index (χ4n) is 2.13. The molecule has 6 heteroatoms. The molecular formula is C16H18BrN3O2. The topological polar surface area (TPSA) is 66.5 Å². The van der Waals surface area contributed by atoms with Gasteiger partial charge in [0.1, 0.15) is 5.75 Å². The lowest BCUT2D eigenvalue weighted by atomic mass is 10.1. The molecule has 0 fully saturated rings. The van der Waals surface area contributed by atoms with E-state index in [1.807, 2.05) is 39.1 Å². The SMILES string of the molecule is C/C(=N\NC(=O)COc1ccc(Br)cc1)c1c(C)c[nH]c1C. The van der Waals surface area contributed by atoms with E-state index in [-0.39, 0.29) is 12.5 Å². The van der Waals surface area contributed by atoms with Gasteiger partial charge in [0.25, 0.3) is 5.91 Å². The van der Waals surface area contributed by atoms with E-state index in [1.54, 1.807) is 12.1 Å². The van der Waals surface area contributed by atoms with Gasteiger partial charge in [0.05, 0.1) is 5.71 Å². The molecule has 0 aliphatic heterocycles. The molecule has 1 aromatic carbocycles. The summed E-state index contributed by atoms with van der Waals surface area (Å²) in [6.45, 7) is 5.75. The van der Waals surface area contributed by atoms with Crippen LogP contribution < -0.4 is 10.2 Å². The Morgan fingerprint density at radius 2 is 2.00 bits per heavy atom. The lowest BCUT2D eigenvalue weighted by Crippen LogP contribution is -2.25. The van der Waals surface area contributed by atoms with Crippen molar-refractivity contribution in [3.8, 4) is 5.75 Å². The van der Waals surface area contributed by atoms with E-state index < -0.39 is 0 Å². The van der Waals surface area contributed by atoms with Gasteiger partial charge in [0.15, 0.2) is 6.61 Å². The van der Waals surface area contributed by atoms with Crippen molar-refractivity contribution in [3.63, 3.8) is 0 Å². The summed E-state index contributed by atoms with van der Waals surface area (Å²) >= 11 is 3.34. The lowest BCUT2D eigenvalue weighted by molar-refractivity contribution is -0.123. The van der Waals surface area contributed by atoms with E-state index in [1.165, 1.54) is 0 Å². The lowest BCUT2D eigenvalue weighted by Gasteiger charge is -2.06. The van der Waals surface area contributed by atoms with E-state index in [9.17, 15) is 4.79 Å². The number of ether oxygens (including phenoxy) is 1. The Balaban J connectivity index is 1.89. The molecule has 0 saturated heterocycles. The molecule has 2 rings (SSSR count). The van der Waals surface area contributed by atoms with E-state index >= 15 is 0 Å². The van der Waals surface area contributed by atoms with Crippen molar-refractivity contribution in [2.45, 2.75) is 20.8 Å². The quantitative estimate of drug-likeness (QED) is 0.632. The van der Waals surface area contributed by atoms with Crippen LogP contribution in [0, 0.1) is 13.8 Å². The average molecular weight is 364 g/mol. The number of halogens is 1. The fraction of sp³-hybridized carbons (Fsp3) is 0.250. The minimum absolute atomic E-state index is 0.0798. The highest BCUT2D eigenvalue weighted by atomic mass is 79.9. The van der Waals surface area contributed by atoms with Gasteiger partial charge in [-0.05, 0) is 50.6 Å². The molecule has 0 spiro atoms. The van der Waals surface area contributed by atoms with Gasteiger partial charge < -0.3 is 9.72 Å². The first-order chi connectivity index (χ1) is 10.5. The first kappa shape index (κ1) is 16.3. The van der Waals surface area contributed by atoms with Crippen molar-refractivity contribution in [2.75, 3.05) is 6.61 Å². The van der Waals surface area contributed by atoms with Gasteiger partial charge in [-0.3, -0.25) is 4.79 Å². The molecular weight excluding hydrogens is 346 g/mol. The number of rotatable bonds is 5. The number of hydrogen-bond acceptors (Lipinski definition) is 3. The van der Waals surface area contributed by atoms with Crippen LogP contribution in [0.5, 0.6) is 5.75 Å². The molecule has 5 nitrogen and oxygen atoms in total. The fourth-order valence-corrected chi connectivity index (χ4v) is 2.39. The molecule has 116 valence electrons. The van der Waals surface area contributed by atoms with Crippen LogP contribution in [-0.2, 0) is 4.79 Å². The predicted molar refractivity (Wildman–Crippen MR) is 90.3 cm³/mol.